The van der Waals surface area contributed by atoms with E-state index in [0.29, 0.717) is 6.54 Å². The topological polar surface area (TPSA) is 79.6 Å². The fraction of sp³-hybridized carbons (Fsp3) is 0.824. The van der Waals surface area contributed by atoms with Gasteiger partial charge in [-0.2, -0.15) is 0 Å². The number of likely N-dealkylation sites (tertiary alicyclic amines) is 1. The monoisotopic (exact) mass is 479 g/mol. The smallest absolute Gasteiger partial charge is 0.191 e. The first-order chi connectivity index (χ1) is 12.2. The molecule has 0 aromatic carbocycles. The van der Waals surface area contributed by atoms with E-state index in [1.54, 1.807) is 7.11 Å². The molecule has 0 atom stereocenters. The summed E-state index contributed by atoms with van der Waals surface area (Å²) >= 11 is 0. The van der Waals surface area contributed by atoms with Gasteiger partial charge in [0.25, 0.3) is 0 Å². The van der Waals surface area contributed by atoms with E-state index in [1.165, 1.54) is 32.4 Å². The quantitative estimate of drug-likeness (QED) is 0.241. The first kappa shape index (κ1) is 23.1. The van der Waals surface area contributed by atoms with Crippen molar-refractivity contribution in [3.05, 3.63) is 11.6 Å². The summed E-state index contributed by atoms with van der Waals surface area (Å²) in [7, 11) is 3.69. The Labute approximate surface area is 174 Å². The molecule has 8 nitrogen and oxygen atoms in total. The van der Waals surface area contributed by atoms with Gasteiger partial charge in [-0.05, 0) is 39.3 Å². The van der Waals surface area contributed by atoms with Crippen LogP contribution in [0.25, 0.3) is 0 Å². The average Bonchev–Trinajstić information content (AvgIpc) is 2.95. The standard InChI is InChI=1S/C17H33N7O.HI/c1-15-21-22-16(23(15)2)14-20-17(18-8-7-13-25-3)19-9-12-24-10-5-4-6-11-24;/h4-14H2,1-3H3,(H2,18,19,20);1H. The maximum atomic E-state index is 5.10. The van der Waals surface area contributed by atoms with Crippen molar-refractivity contribution >= 4 is 29.9 Å². The molecule has 9 heteroatoms. The van der Waals surface area contributed by atoms with Crippen LogP contribution < -0.4 is 10.6 Å². The molecule has 1 saturated heterocycles. The maximum absolute atomic E-state index is 5.10. The third kappa shape index (κ3) is 8.17. The van der Waals surface area contributed by atoms with Crippen LogP contribution in [0.1, 0.15) is 37.3 Å². The molecule has 0 bridgehead atoms. The molecule has 26 heavy (non-hydrogen) atoms. The summed E-state index contributed by atoms with van der Waals surface area (Å²) in [6.45, 7) is 8.43. The van der Waals surface area contributed by atoms with Crippen LogP contribution in [0.3, 0.4) is 0 Å². The summed E-state index contributed by atoms with van der Waals surface area (Å²) in [6, 6.07) is 0. The molecular weight excluding hydrogens is 445 g/mol. The number of hydrogen-bond acceptors (Lipinski definition) is 5. The van der Waals surface area contributed by atoms with Crippen LogP contribution in [0.15, 0.2) is 4.99 Å². The lowest BCUT2D eigenvalue weighted by Crippen LogP contribution is -2.43. The van der Waals surface area contributed by atoms with Crippen molar-refractivity contribution in [2.45, 2.75) is 39.2 Å². The van der Waals surface area contributed by atoms with E-state index in [9.17, 15) is 0 Å². The number of guanidine groups is 1. The number of aryl methyl sites for hydroxylation is 1. The lowest BCUT2D eigenvalue weighted by molar-refractivity contribution is 0.195. The Morgan fingerprint density at radius 1 is 1.15 bits per heavy atom. The molecule has 2 rings (SSSR count). The number of piperidine rings is 1. The Hall–Kier alpha value is -0.940. The molecule has 0 spiro atoms. The zero-order valence-electron chi connectivity index (χ0n) is 16.3. The Morgan fingerprint density at radius 3 is 2.54 bits per heavy atom. The maximum Gasteiger partial charge on any atom is 0.191 e. The summed E-state index contributed by atoms with van der Waals surface area (Å²) in [6.07, 6.45) is 4.96. The van der Waals surface area contributed by atoms with Crippen molar-refractivity contribution < 1.29 is 4.74 Å². The van der Waals surface area contributed by atoms with E-state index in [2.05, 4.69) is 30.7 Å². The number of ether oxygens (including phenoxy) is 1. The number of aliphatic imine (C=N–C) groups is 1. The second kappa shape index (κ2) is 13.3. The fourth-order valence-electron chi connectivity index (χ4n) is 2.85. The molecule has 2 N–H and O–H groups in total. The molecule has 1 aromatic heterocycles. The lowest BCUT2D eigenvalue weighted by atomic mass is 10.1. The van der Waals surface area contributed by atoms with Crippen molar-refractivity contribution in [2.24, 2.45) is 12.0 Å². The molecule has 0 radical (unpaired) electrons. The van der Waals surface area contributed by atoms with Crippen LogP contribution in [-0.2, 0) is 18.3 Å². The zero-order valence-corrected chi connectivity index (χ0v) is 18.7. The third-order valence-corrected chi connectivity index (χ3v) is 4.55. The number of aromatic nitrogens is 3. The molecule has 0 amide bonds. The van der Waals surface area contributed by atoms with Crippen LogP contribution in [0.5, 0.6) is 0 Å². The van der Waals surface area contributed by atoms with E-state index in [1.807, 2.05) is 18.5 Å². The Kier molecular flexibility index (Phi) is 11.8. The van der Waals surface area contributed by atoms with E-state index < -0.39 is 0 Å². The molecule has 1 aliphatic heterocycles. The highest BCUT2D eigenvalue weighted by Crippen LogP contribution is 2.07. The van der Waals surface area contributed by atoms with Crippen molar-refractivity contribution in [3.63, 3.8) is 0 Å². The first-order valence-corrected chi connectivity index (χ1v) is 9.29. The summed E-state index contributed by atoms with van der Waals surface area (Å²) < 4.78 is 7.08. The number of halogens is 1. The van der Waals surface area contributed by atoms with E-state index in [-0.39, 0.29) is 24.0 Å². The molecule has 1 aromatic rings. The van der Waals surface area contributed by atoms with Gasteiger partial charge < -0.3 is 24.8 Å². The van der Waals surface area contributed by atoms with Crippen molar-refractivity contribution in [1.29, 1.82) is 0 Å². The van der Waals surface area contributed by atoms with Crippen LogP contribution in [-0.4, -0.2) is 72.1 Å². The van der Waals surface area contributed by atoms with Crippen LogP contribution in [0.2, 0.25) is 0 Å². The third-order valence-electron chi connectivity index (χ3n) is 4.55. The first-order valence-electron chi connectivity index (χ1n) is 9.29. The average molecular weight is 479 g/mol. The SMILES string of the molecule is COCCCNC(=NCc1nnc(C)n1C)NCCN1CCCCC1.I. The second-order valence-electron chi connectivity index (χ2n) is 6.49. The number of methoxy groups -OCH3 is 1. The van der Waals surface area contributed by atoms with Gasteiger partial charge in [-0.1, -0.05) is 6.42 Å². The van der Waals surface area contributed by atoms with Crippen molar-refractivity contribution in [2.75, 3.05) is 46.4 Å². The van der Waals surface area contributed by atoms with Gasteiger partial charge in [0.2, 0.25) is 0 Å². The van der Waals surface area contributed by atoms with Gasteiger partial charge in [-0.3, -0.25) is 0 Å². The molecule has 2 heterocycles. The molecule has 1 fully saturated rings. The predicted octanol–water partition coefficient (Wildman–Crippen LogP) is 1.30. The van der Waals surface area contributed by atoms with E-state index in [0.717, 1.165) is 50.3 Å². The van der Waals surface area contributed by atoms with Gasteiger partial charge in [-0.25, -0.2) is 4.99 Å². The zero-order chi connectivity index (χ0) is 17.9. The molecule has 1 aliphatic rings. The minimum Gasteiger partial charge on any atom is -0.385 e. The Balaban J connectivity index is 0.00000338. The van der Waals surface area contributed by atoms with Gasteiger partial charge in [0.15, 0.2) is 11.8 Å². The van der Waals surface area contributed by atoms with Gasteiger partial charge in [0.1, 0.15) is 12.4 Å². The molecule has 0 aliphatic carbocycles. The molecule has 150 valence electrons. The molecule has 0 unspecified atom stereocenters. The molecule has 0 saturated carbocycles. The number of nitrogens with zero attached hydrogens (tertiary/aromatic N) is 5. The lowest BCUT2D eigenvalue weighted by Gasteiger charge is -2.26. The van der Waals surface area contributed by atoms with Crippen LogP contribution in [0.4, 0.5) is 0 Å². The van der Waals surface area contributed by atoms with Gasteiger partial charge in [0.05, 0.1) is 0 Å². The van der Waals surface area contributed by atoms with Gasteiger partial charge in [-0.15, -0.1) is 34.2 Å². The van der Waals surface area contributed by atoms with E-state index in [4.69, 9.17) is 4.74 Å². The highest BCUT2D eigenvalue weighted by atomic mass is 127. The second-order valence-corrected chi connectivity index (χ2v) is 6.49. The minimum atomic E-state index is 0. The number of nitrogens with one attached hydrogen (secondary N) is 2. The van der Waals surface area contributed by atoms with Crippen LogP contribution in [0, 0.1) is 6.92 Å². The normalized spacial score (nSPS) is 15.6. The summed E-state index contributed by atoms with van der Waals surface area (Å²) in [5.41, 5.74) is 0. The van der Waals surface area contributed by atoms with E-state index >= 15 is 0 Å². The minimum absolute atomic E-state index is 0. The van der Waals surface area contributed by atoms with Gasteiger partial charge in [0, 0.05) is 40.4 Å². The Bertz CT molecular complexity index is 529. The predicted molar refractivity (Wildman–Crippen MR) is 115 cm³/mol. The summed E-state index contributed by atoms with van der Waals surface area (Å²) in [5.74, 6) is 2.60. The fourth-order valence-corrected chi connectivity index (χ4v) is 2.85. The Morgan fingerprint density at radius 2 is 1.88 bits per heavy atom. The molecular formula is C17H34IN7O. The highest BCUT2D eigenvalue weighted by molar-refractivity contribution is 14.0. The highest BCUT2D eigenvalue weighted by Gasteiger charge is 2.10. The van der Waals surface area contributed by atoms with Crippen LogP contribution >= 0.6 is 24.0 Å². The summed E-state index contributed by atoms with van der Waals surface area (Å²) in [5, 5.41) is 15.1. The summed E-state index contributed by atoms with van der Waals surface area (Å²) in [4.78, 5) is 7.18. The van der Waals surface area contributed by atoms with Crippen molar-refractivity contribution in [3.8, 4) is 0 Å². The largest absolute Gasteiger partial charge is 0.385 e. The van der Waals surface area contributed by atoms with Gasteiger partial charge >= 0.3 is 0 Å². The number of rotatable bonds is 9. The van der Waals surface area contributed by atoms with Crippen molar-refractivity contribution in [1.82, 2.24) is 30.3 Å². The number of hydrogen-bond donors (Lipinski definition) is 2.